The minimum absolute atomic E-state index is 0.0769. The largest absolute Gasteiger partial charge is 0.352 e. The van der Waals surface area contributed by atoms with E-state index in [1.807, 2.05) is 6.92 Å². The first-order valence-corrected chi connectivity index (χ1v) is 7.41. The molecule has 0 fully saturated rings. The molecule has 0 atom stereocenters. The van der Waals surface area contributed by atoms with Crippen molar-refractivity contribution in [2.24, 2.45) is 0 Å². The molecule has 3 nitrogen and oxygen atoms in total. The highest BCUT2D eigenvalue weighted by atomic mass is 32.2. The Labute approximate surface area is 123 Å². The molecule has 2 aromatic rings. The van der Waals surface area contributed by atoms with E-state index < -0.39 is 0 Å². The van der Waals surface area contributed by atoms with Crippen LogP contribution in [0.2, 0.25) is 0 Å². The second-order valence-electron chi connectivity index (χ2n) is 4.56. The zero-order valence-electron chi connectivity index (χ0n) is 11.9. The first-order chi connectivity index (χ1) is 9.61. The minimum atomic E-state index is -0.0769. The fourth-order valence-electron chi connectivity index (χ4n) is 1.79. The Bertz CT molecular complexity index is 626. The molecule has 0 bridgehead atoms. The highest BCUT2D eigenvalue weighted by molar-refractivity contribution is 7.99. The van der Waals surface area contributed by atoms with Crippen LogP contribution < -0.4 is 5.32 Å². The van der Waals surface area contributed by atoms with Gasteiger partial charge in [0.1, 0.15) is 5.03 Å². The maximum absolute atomic E-state index is 12.0. The van der Waals surface area contributed by atoms with Gasteiger partial charge in [-0.25, -0.2) is 4.98 Å². The predicted molar refractivity (Wildman–Crippen MR) is 82.3 cm³/mol. The van der Waals surface area contributed by atoms with Crippen molar-refractivity contribution in [1.82, 2.24) is 10.3 Å². The number of carbonyl (C=O) groups is 1. The molecule has 0 aliphatic rings. The van der Waals surface area contributed by atoms with E-state index in [-0.39, 0.29) is 5.91 Å². The molecule has 0 radical (unpaired) electrons. The Morgan fingerprint density at radius 3 is 2.75 bits per heavy atom. The van der Waals surface area contributed by atoms with Gasteiger partial charge in [0.05, 0.1) is 5.56 Å². The summed E-state index contributed by atoms with van der Waals surface area (Å²) in [4.78, 5) is 17.4. The van der Waals surface area contributed by atoms with Gasteiger partial charge in [-0.3, -0.25) is 4.79 Å². The number of hydrogen-bond donors (Lipinski definition) is 1. The number of hydrogen-bond acceptors (Lipinski definition) is 3. The van der Waals surface area contributed by atoms with Crippen molar-refractivity contribution in [3.8, 4) is 0 Å². The van der Waals surface area contributed by atoms with Gasteiger partial charge in [-0.1, -0.05) is 17.8 Å². The lowest BCUT2D eigenvalue weighted by Gasteiger charge is -2.09. The molecule has 0 unspecified atom stereocenters. The van der Waals surface area contributed by atoms with Gasteiger partial charge in [-0.05, 0) is 56.2 Å². The lowest BCUT2D eigenvalue weighted by Crippen LogP contribution is -2.23. The summed E-state index contributed by atoms with van der Waals surface area (Å²) in [5.74, 6) is -0.0769. The van der Waals surface area contributed by atoms with E-state index in [9.17, 15) is 4.79 Å². The van der Waals surface area contributed by atoms with Gasteiger partial charge in [0.2, 0.25) is 0 Å². The molecule has 1 aromatic carbocycles. The maximum atomic E-state index is 12.0. The number of aromatic nitrogens is 1. The second-order valence-corrected chi connectivity index (χ2v) is 5.63. The zero-order chi connectivity index (χ0) is 14.5. The molecule has 4 heteroatoms. The van der Waals surface area contributed by atoms with E-state index in [2.05, 4.69) is 42.3 Å². The SMILES string of the molecule is CCNC(=O)c1cccnc1Sc1ccc(C)c(C)c1. The van der Waals surface area contributed by atoms with Crippen molar-refractivity contribution in [3.05, 3.63) is 53.2 Å². The van der Waals surface area contributed by atoms with Crippen LogP contribution in [0.15, 0.2) is 46.5 Å². The summed E-state index contributed by atoms with van der Waals surface area (Å²) in [5.41, 5.74) is 3.13. The summed E-state index contributed by atoms with van der Waals surface area (Å²) in [6, 6.07) is 9.86. The molecule has 1 heterocycles. The summed E-state index contributed by atoms with van der Waals surface area (Å²) >= 11 is 1.52. The van der Waals surface area contributed by atoms with Crippen molar-refractivity contribution < 1.29 is 4.79 Å². The first-order valence-electron chi connectivity index (χ1n) is 6.60. The lowest BCUT2D eigenvalue weighted by molar-refractivity contribution is 0.0952. The van der Waals surface area contributed by atoms with Crippen LogP contribution in [0.3, 0.4) is 0 Å². The molecule has 0 aliphatic carbocycles. The summed E-state index contributed by atoms with van der Waals surface area (Å²) in [6.45, 7) is 6.69. The van der Waals surface area contributed by atoms with E-state index >= 15 is 0 Å². The van der Waals surface area contributed by atoms with Crippen molar-refractivity contribution in [1.29, 1.82) is 0 Å². The third-order valence-electron chi connectivity index (χ3n) is 3.05. The smallest absolute Gasteiger partial charge is 0.254 e. The molecular weight excluding hydrogens is 268 g/mol. The number of pyridine rings is 1. The quantitative estimate of drug-likeness (QED) is 0.933. The molecule has 1 aromatic heterocycles. The van der Waals surface area contributed by atoms with Gasteiger partial charge in [-0.15, -0.1) is 0 Å². The number of nitrogens with one attached hydrogen (secondary N) is 1. The standard InChI is InChI=1S/C16H18N2OS/c1-4-17-15(19)14-6-5-9-18-16(14)20-13-8-7-11(2)12(3)10-13/h5-10H,4H2,1-3H3,(H,17,19). The topological polar surface area (TPSA) is 42.0 Å². The summed E-state index contributed by atoms with van der Waals surface area (Å²) in [6.07, 6.45) is 1.71. The van der Waals surface area contributed by atoms with Crippen LogP contribution in [0.25, 0.3) is 0 Å². The van der Waals surface area contributed by atoms with Crippen LogP contribution in [0.5, 0.6) is 0 Å². The van der Waals surface area contributed by atoms with Crippen LogP contribution in [0.1, 0.15) is 28.4 Å². The third kappa shape index (κ3) is 3.39. The highest BCUT2D eigenvalue weighted by Crippen LogP contribution is 2.29. The Morgan fingerprint density at radius 1 is 1.25 bits per heavy atom. The van der Waals surface area contributed by atoms with Crippen molar-refractivity contribution >= 4 is 17.7 Å². The average molecular weight is 286 g/mol. The summed E-state index contributed by atoms with van der Waals surface area (Å²) in [7, 11) is 0. The van der Waals surface area contributed by atoms with Crippen LogP contribution in [0.4, 0.5) is 0 Å². The number of rotatable bonds is 4. The van der Waals surface area contributed by atoms with Crippen LogP contribution >= 0.6 is 11.8 Å². The van der Waals surface area contributed by atoms with Crippen LogP contribution in [-0.2, 0) is 0 Å². The maximum Gasteiger partial charge on any atom is 0.254 e. The van der Waals surface area contributed by atoms with E-state index in [0.717, 1.165) is 9.92 Å². The number of benzene rings is 1. The molecule has 0 aliphatic heterocycles. The lowest BCUT2D eigenvalue weighted by atomic mass is 10.1. The van der Waals surface area contributed by atoms with E-state index in [1.54, 1.807) is 18.3 Å². The molecule has 0 saturated heterocycles. The first kappa shape index (κ1) is 14.6. The number of amides is 1. The molecule has 0 spiro atoms. The van der Waals surface area contributed by atoms with E-state index in [1.165, 1.54) is 22.9 Å². The van der Waals surface area contributed by atoms with Gasteiger partial charge in [0.15, 0.2) is 0 Å². The van der Waals surface area contributed by atoms with Crippen molar-refractivity contribution in [2.75, 3.05) is 6.54 Å². The third-order valence-corrected chi connectivity index (χ3v) is 4.05. The van der Waals surface area contributed by atoms with Crippen molar-refractivity contribution in [2.45, 2.75) is 30.7 Å². The zero-order valence-corrected chi connectivity index (χ0v) is 12.8. The fourth-order valence-corrected chi connectivity index (χ4v) is 2.77. The monoisotopic (exact) mass is 286 g/mol. The Kier molecular flexibility index (Phi) is 4.79. The Balaban J connectivity index is 2.29. The Morgan fingerprint density at radius 2 is 2.05 bits per heavy atom. The van der Waals surface area contributed by atoms with Crippen LogP contribution in [0, 0.1) is 13.8 Å². The average Bonchev–Trinajstić information content (AvgIpc) is 2.44. The normalized spacial score (nSPS) is 10.3. The highest BCUT2D eigenvalue weighted by Gasteiger charge is 2.12. The minimum Gasteiger partial charge on any atom is -0.352 e. The van der Waals surface area contributed by atoms with Gasteiger partial charge in [-0.2, -0.15) is 0 Å². The van der Waals surface area contributed by atoms with Gasteiger partial charge in [0, 0.05) is 17.6 Å². The summed E-state index contributed by atoms with van der Waals surface area (Å²) in [5, 5.41) is 3.55. The van der Waals surface area contributed by atoms with E-state index in [0.29, 0.717) is 12.1 Å². The van der Waals surface area contributed by atoms with Gasteiger partial charge in [0.25, 0.3) is 5.91 Å². The van der Waals surface area contributed by atoms with E-state index in [4.69, 9.17) is 0 Å². The molecule has 2 rings (SSSR count). The molecular formula is C16H18N2OS. The fraction of sp³-hybridized carbons (Fsp3) is 0.250. The second kappa shape index (κ2) is 6.57. The van der Waals surface area contributed by atoms with Gasteiger partial charge >= 0.3 is 0 Å². The number of carbonyl (C=O) groups excluding carboxylic acids is 1. The predicted octanol–water partition coefficient (Wildman–Crippen LogP) is 3.60. The molecule has 0 saturated carbocycles. The molecule has 1 N–H and O–H groups in total. The molecule has 20 heavy (non-hydrogen) atoms. The number of nitrogens with zero attached hydrogens (tertiary/aromatic N) is 1. The Hall–Kier alpha value is -1.81. The number of aryl methyl sites for hydroxylation is 2. The van der Waals surface area contributed by atoms with Gasteiger partial charge < -0.3 is 5.32 Å². The van der Waals surface area contributed by atoms with Crippen molar-refractivity contribution in [3.63, 3.8) is 0 Å². The van der Waals surface area contributed by atoms with Crippen LogP contribution in [-0.4, -0.2) is 17.4 Å². The molecule has 104 valence electrons. The molecule has 1 amide bonds. The summed E-state index contributed by atoms with van der Waals surface area (Å²) < 4.78 is 0.